The molecule has 14 heavy (non-hydrogen) atoms. The Kier molecular flexibility index (Phi) is 9.83. The van der Waals surface area contributed by atoms with Gasteiger partial charge in [-0.15, -0.1) is 0 Å². The number of sulfonamides is 1. The minimum atomic E-state index is -3.59. The third kappa shape index (κ3) is 5.45. The van der Waals surface area contributed by atoms with E-state index in [0.717, 1.165) is 0 Å². The second-order valence-corrected chi connectivity index (χ2v) is 7.96. The Morgan fingerprint density at radius 2 is 1.93 bits per heavy atom. The molecule has 0 aliphatic heterocycles. The Balaban J connectivity index is 0. The molecule has 1 atom stereocenters. The maximum atomic E-state index is 11.5. The van der Waals surface area contributed by atoms with Gasteiger partial charge in [0.1, 0.15) is 0 Å². The summed E-state index contributed by atoms with van der Waals surface area (Å²) < 4.78 is 27.8. The van der Waals surface area contributed by atoms with Gasteiger partial charge >= 0.3 is 51.4 Å². The summed E-state index contributed by atoms with van der Waals surface area (Å²) >= 11 is 4.56. The van der Waals surface area contributed by atoms with E-state index in [-0.39, 0.29) is 63.7 Å². The van der Waals surface area contributed by atoms with Crippen molar-refractivity contribution in [3.05, 3.63) is 0 Å². The molecule has 0 radical (unpaired) electrons. The molecule has 0 bridgehead atoms. The van der Waals surface area contributed by atoms with Gasteiger partial charge < -0.3 is 9.42 Å². The molecule has 0 amide bonds. The van der Waals surface area contributed by atoms with Crippen molar-refractivity contribution >= 4 is 28.5 Å². The number of hydrogen-bond acceptors (Lipinski definition) is 5. The third-order valence-corrected chi connectivity index (χ3v) is 6.97. The van der Waals surface area contributed by atoms with E-state index in [4.69, 9.17) is 4.52 Å². The van der Waals surface area contributed by atoms with E-state index >= 15 is 0 Å². The average molecular weight is 285 g/mol. The van der Waals surface area contributed by atoms with Gasteiger partial charge in [-0.25, -0.2) is 8.42 Å². The van der Waals surface area contributed by atoms with E-state index in [1.54, 1.807) is 6.92 Å². The predicted octanol–water partition coefficient (Wildman–Crippen LogP) is -3.11. The van der Waals surface area contributed by atoms with E-state index in [0.29, 0.717) is 4.08 Å². The quantitative estimate of drug-likeness (QED) is 0.395. The van der Waals surface area contributed by atoms with Crippen LogP contribution in [-0.4, -0.2) is 31.9 Å². The van der Waals surface area contributed by atoms with Crippen LogP contribution in [0.4, 0.5) is 0 Å². The van der Waals surface area contributed by atoms with Crippen LogP contribution in [0.3, 0.4) is 0 Å². The van der Waals surface area contributed by atoms with Crippen LogP contribution in [0, 0.1) is 0 Å². The molecular weight excluding hydrogens is 272 g/mol. The molecule has 0 aliphatic carbocycles. The van der Waals surface area contributed by atoms with Gasteiger partial charge in [0.15, 0.2) is 0 Å². The first-order valence-corrected chi connectivity index (χ1v) is 7.90. The molecule has 5 nitrogen and oxygen atoms in total. The molecule has 80 valence electrons. The summed E-state index contributed by atoms with van der Waals surface area (Å²) in [6, 6.07) is 0. The van der Waals surface area contributed by atoms with Crippen LogP contribution in [0.25, 0.3) is 0 Å². The molecule has 1 unspecified atom stereocenters. The van der Waals surface area contributed by atoms with E-state index in [1.165, 1.54) is 14.0 Å². The minimum absolute atomic E-state index is 0. The molecule has 0 heterocycles. The van der Waals surface area contributed by atoms with Crippen LogP contribution >= 0.6 is 6.64 Å². The summed E-state index contributed by atoms with van der Waals surface area (Å²) in [5, 5.41) is 0. The van der Waals surface area contributed by atoms with Crippen LogP contribution in [0.2, 0.25) is 0 Å². The van der Waals surface area contributed by atoms with Gasteiger partial charge in [0.25, 0.3) is 0 Å². The fraction of sp³-hybridized carbons (Fsp3) is 1.00. The summed E-state index contributed by atoms with van der Waals surface area (Å²) in [6.45, 7) is -0.410. The first-order valence-electron chi connectivity index (χ1n) is 3.70. The molecule has 0 saturated heterocycles. The Morgan fingerprint density at radius 1 is 1.50 bits per heavy atom. The molecule has 0 saturated carbocycles. The second-order valence-electron chi connectivity index (χ2n) is 2.22. The van der Waals surface area contributed by atoms with Crippen LogP contribution in [0.15, 0.2) is 0 Å². The first-order chi connectivity index (χ1) is 5.78. The maximum absolute atomic E-state index is 11.5. The average Bonchev–Trinajstić information content (AvgIpc) is 2.03. The van der Waals surface area contributed by atoms with Crippen LogP contribution in [0.1, 0.15) is 13.8 Å². The van der Waals surface area contributed by atoms with E-state index in [1.807, 2.05) is 0 Å². The maximum Gasteiger partial charge on any atom is 1.00 e. The summed E-state index contributed by atoms with van der Waals surface area (Å²) in [4.78, 5) is 11.5. The van der Waals surface area contributed by atoms with Gasteiger partial charge in [-0.05, 0) is 13.8 Å². The molecule has 0 aromatic carbocycles. The van der Waals surface area contributed by atoms with Gasteiger partial charge in [0, 0.05) is 13.7 Å². The van der Waals surface area contributed by atoms with E-state index in [2.05, 4.69) is 11.8 Å². The van der Waals surface area contributed by atoms with Gasteiger partial charge in [0.2, 0.25) is 10.0 Å². The number of nitrogens with zero attached hydrogens (tertiary/aromatic N) is 1. The Morgan fingerprint density at radius 3 is 2.21 bits per heavy atom. The normalized spacial score (nSPS) is 16.1. The Bertz CT molecular complexity index is 307. The smallest absolute Gasteiger partial charge is 0.789 e. The van der Waals surface area contributed by atoms with Crippen molar-refractivity contribution in [3.63, 3.8) is 0 Å². The second kappa shape index (κ2) is 7.44. The van der Waals surface area contributed by atoms with Crippen LogP contribution < -0.4 is 56.3 Å². The summed E-state index contributed by atoms with van der Waals surface area (Å²) in [5.74, 6) is -0.142. The standard InChI is InChI=1S/C5H14NO4PS2.K/c1-4-10-11(7,12)6(3)13(8,9)5-2;/h4-5H2,1-3H3,(H,7,12);/q;+1/p-1. The van der Waals surface area contributed by atoms with Crippen molar-refractivity contribution in [2.75, 3.05) is 19.4 Å². The van der Waals surface area contributed by atoms with Crippen molar-refractivity contribution in [3.8, 4) is 0 Å². The molecule has 0 rings (SSSR count). The van der Waals surface area contributed by atoms with Crippen molar-refractivity contribution in [1.29, 1.82) is 0 Å². The number of rotatable bonds is 5. The molecule has 0 aliphatic rings. The van der Waals surface area contributed by atoms with Crippen LogP contribution in [0.5, 0.6) is 0 Å². The Hall–Kier alpha value is 2.12. The van der Waals surface area contributed by atoms with Crippen molar-refractivity contribution in [2.45, 2.75) is 13.8 Å². The van der Waals surface area contributed by atoms with Crippen molar-refractivity contribution < 1.29 is 69.2 Å². The third-order valence-electron chi connectivity index (χ3n) is 1.40. The minimum Gasteiger partial charge on any atom is -0.789 e. The number of hydrogen-bond donors (Lipinski definition) is 0. The summed E-state index contributed by atoms with van der Waals surface area (Å²) in [5.41, 5.74) is 0. The molecule has 9 heteroatoms. The fourth-order valence-electron chi connectivity index (χ4n) is 0.584. The summed E-state index contributed by atoms with van der Waals surface area (Å²) in [6.07, 6.45) is 0. The zero-order chi connectivity index (χ0) is 10.7. The molecular formula is C5H13KNO4PS2. The molecule has 0 aromatic rings. The monoisotopic (exact) mass is 285 g/mol. The molecule has 0 N–H and O–H groups in total. The zero-order valence-electron chi connectivity index (χ0n) is 8.76. The van der Waals surface area contributed by atoms with Crippen LogP contribution in [-0.2, 0) is 26.4 Å². The Labute approximate surface area is 133 Å². The van der Waals surface area contributed by atoms with Gasteiger partial charge in [-0.1, -0.05) is 11.8 Å². The SMILES string of the molecule is CCOP([O-])(=S)N(C)S(=O)(=O)CC.[K+]. The van der Waals surface area contributed by atoms with Gasteiger partial charge in [0.05, 0.1) is 12.4 Å². The zero-order valence-corrected chi connectivity index (χ0v) is 14.4. The van der Waals surface area contributed by atoms with Crippen molar-refractivity contribution in [2.24, 2.45) is 0 Å². The predicted molar refractivity (Wildman–Crippen MR) is 53.1 cm³/mol. The summed E-state index contributed by atoms with van der Waals surface area (Å²) in [7, 11) is -2.37. The van der Waals surface area contributed by atoms with Gasteiger partial charge in [-0.2, -0.15) is 4.08 Å². The van der Waals surface area contributed by atoms with Gasteiger partial charge in [-0.3, -0.25) is 0 Å². The molecule has 0 spiro atoms. The fourth-order valence-corrected chi connectivity index (χ4v) is 4.38. The molecule has 0 aromatic heterocycles. The van der Waals surface area contributed by atoms with E-state index in [9.17, 15) is 13.3 Å². The van der Waals surface area contributed by atoms with Crippen molar-refractivity contribution in [1.82, 2.24) is 4.08 Å². The first kappa shape index (κ1) is 18.5. The topological polar surface area (TPSA) is 69.7 Å². The largest absolute Gasteiger partial charge is 1.00 e. The molecule has 0 fully saturated rings. The van der Waals surface area contributed by atoms with E-state index < -0.39 is 16.7 Å².